The molecule has 1 atom stereocenters. The summed E-state index contributed by atoms with van der Waals surface area (Å²) in [5, 5.41) is 8.00. The van der Waals surface area contributed by atoms with Gasteiger partial charge in [0.25, 0.3) is 0 Å². The van der Waals surface area contributed by atoms with Gasteiger partial charge < -0.3 is 16.0 Å². The summed E-state index contributed by atoms with van der Waals surface area (Å²) >= 11 is 0. The van der Waals surface area contributed by atoms with E-state index in [1.54, 1.807) is 19.1 Å². The summed E-state index contributed by atoms with van der Waals surface area (Å²) in [4.78, 5) is 24.6. The molecule has 3 N–H and O–H groups in total. The van der Waals surface area contributed by atoms with E-state index in [4.69, 9.17) is 0 Å². The number of aryl methyl sites for hydroxylation is 1. The summed E-state index contributed by atoms with van der Waals surface area (Å²) in [5.74, 6) is -1.10. The maximum absolute atomic E-state index is 13.2. The number of carbonyl (C=O) groups is 2. The summed E-state index contributed by atoms with van der Waals surface area (Å²) < 4.78 is 26.1. The van der Waals surface area contributed by atoms with E-state index in [1.807, 2.05) is 6.92 Å². The highest BCUT2D eigenvalue weighted by Gasteiger charge is 2.20. The highest BCUT2D eigenvalue weighted by atomic mass is 19.1. The second-order valence-corrected chi connectivity index (χ2v) is 6.24. The number of benzene rings is 2. The van der Waals surface area contributed by atoms with Gasteiger partial charge >= 0.3 is 6.03 Å². The first kappa shape index (κ1) is 20.4. The fraction of sp³-hybridized carbons (Fsp3) is 0.300. The number of rotatable bonds is 7. The summed E-state index contributed by atoms with van der Waals surface area (Å²) in [7, 11) is 0. The first-order valence-electron chi connectivity index (χ1n) is 8.75. The van der Waals surface area contributed by atoms with Crippen LogP contribution in [0, 0.1) is 18.6 Å². The zero-order valence-electron chi connectivity index (χ0n) is 15.3. The van der Waals surface area contributed by atoms with Crippen LogP contribution in [-0.4, -0.2) is 18.0 Å². The number of hydrogen-bond donors (Lipinski definition) is 3. The van der Waals surface area contributed by atoms with Gasteiger partial charge in [0.05, 0.1) is 0 Å². The lowest BCUT2D eigenvalue weighted by molar-refractivity contribution is -0.118. The average molecular weight is 375 g/mol. The molecular formula is C20H23F2N3O2. The van der Waals surface area contributed by atoms with Gasteiger partial charge in [0, 0.05) is 12.2 Å². The van der Waals surface area contributed by atoms with Crippen molar-refractivity contribution in [3.8, 4) is 0 Å². The van der Waals surface area contributed by atoms with Crippen molar-refractivity contribution in [1.82, 2.24) is 10.6 Å². The zero-order chi connectivity index (χ0) is 19.8. The molecule has 0 aliphatic carbocycles. The van der Waals surface area contributed by atoms with E-state index in [-0.39, 0.29) is 24.1 Å². The van der Waals surface area contributed by atoms with E-state index < -0.39 is 12.1 Å². The second-order valence-electron chi connectivity index (χ2n) is 6.24. The lowest BCUT2D eigenvalue weighted by Crippen LogP contribution is -2.47. The van der Waals surface area contributed by atoms with Crippen LogP contribution in [-0.2, 0) is 11.3 Å². The fourth-order valence-corrected chi connectivity index (χ4v) is 2.54. The van der Waals surface area contributed by atoms with Crippen molar-refractivity contribution in [2.75, 3.05) is 5.32 Å². The molecule has 1 unspecified atom stereocenters. The zero-order valence-corrected chi connectivity index (χ0v) is 15.3. The van der Waals surface area contributed by atoms with Gasteiger partial charge in [0.2, 0.25) is 5.91 Å². The van der Waals surface area contributed by atoms with E-state index >= 15 is 0 Å². The molecule has 3 amide bonds. The van der Waals surface area contributed by atoms with Gasteiger partial charge in [-0.15, -0.1) is 0 Å². The molecule has 0 fully saturated rings. The van der Waals surface area contributed by atoms with Crippen molar-refractivity contribution in [2.45, 2.75) is 39.3 Å². The van der Waals surface area contributed by atoms with Gasteiger partial charge in [-0.2, -0.15) is 0 Å². The highest BCUT2D eigenvalue weighted by Crippen LogP contribution is 2.16. The van der Waals surface area contributed by atoms with Crippen LogP contribution in [0.5, 0.6) is 0 Å². The number of anilines is 1. The molecule has 0 bridgehead atoms. The van der Waals surface area contributed by atoms with E-state index in [2.05, 4.69) is 16.0 Å². The molecule has 0 saturated carbocycles. The molecular weight excluding hydrogens is 352 g/mol. The van der Waals surface area contributed by atoms with Crippen LogP contribution in [0.25, 0.3) is 0 Å². The van der Waals surface area contributed by atoms with E-state index in [0.29, 0.717) is 24.1 Å². The molecule has 2 rings (SSSR count). The van der Waals surface area contributed by atoms with Crippen LogP contribution in [0.3, 0.4) is 0 Å². The molecule has 7 heteroatoms. The largest absolute Gasteiger partial charge is 0.334 e. The number of nitrogens with one attached hydrogen (secondary N) is 3. The minimum absolute atomic E-state index is 0.212. The van der Waals surface area contributed by atoms with Crippen molar-refractivity contribution >= 4 is 17.6 Å². The smallest absolute Gasteiger partial charge is 0.315 e. The maximum atomic E-state index is 13.2. The Morgan fingerprint density at radius 1 is 1.04 bits per heavy atom. The SMILES string of the molecule is CCCC(NC(=O)NCc1ccc(F)cc1)C(=O)Nc1ccc(F)cc1C. The molecule has 144 valence electrons. The van der Waals surface area contributed by atoms with Crippen LogP contribution >= 0.6 is 0 Å². The Hall–Kier alpha value is -2.96. The number of amides is 3. The first-order chi connectivity index (χ1) is 12.9. The second kappa shape index (κ2) is 9.66. The Kier molecular flexibility index (Phi) is 7.28. The van der Waals surface area contributed by atoms with Crippen LogP contribution in [0.1, 0.15) is 30.9 Å². The number of carbonyl (C=O) groups excluding carboxylic acids is 2. The maximum Gasteiger partial charge on any atom is 0.315 e. The predicted octanol–water partition coefficient (Wildman–Crippen LogP) is 3.88. The molecule has 27 heavy (non-hydrogen) atoms. The standard InChI is InChI=1S/C20H23F2N3O2/c1-3-4-18(19(26)24-17-10-9-16(22)11-13(17)2)25-20(27)23-12-14-5-7-15(21)8-6-14/h5-11,18H,3-4,12H2,1-2H3,(H,24,26)(H2,23,25,27). The third-order valence-electron chi connectivity index (χ3n) is 4.01. The third kappa shape index (κ3) is 6.36. The molecule has 0 heterocycles. The Morgan fingerprint density at radius 3 is 2.33 bits per heavy atom. The average Bonchev–Trinajstić information content (AvgIpc) is 2.63. The molecule has 0 aromatic heterocycles. The molecule has 0 aliphatic heterocycles. The number of halogens is 2. The number of urea groups is 1. The topological polar surface area (TPSA) is 70.2 Å². The summed E-state index contributed by atoms with van der Waals surface area (Å²) in [6.07, 6.45) is 1.15. The van der Waals surface area contributed by atoms with Crippen molar-refractivity contribution in [2.24, 2.45) is 0 Å². The third-order valence-corrected chi connectivity index (χ3v) is 4.01. The van der Waals surface area contributed by atoms with Crippen molar-refractivity contribution < 1.29 is 18.4 Å². The van der Waals surface area contributed by atoms with Gasteiger partial charge in [-0.05, 0) is 54.8 Å². The van der Waals surface area contributed by atoms with Crippen molar-refractivity contribution in [3.05, 3.63) is 65.2 Å². The van der Waals surface area contributed by atoms with Gasteiger partial charge in [0.1, 0.15) is 17.7 Å². The molecule has 0 aliphatic rings. The van der Waals surface area contributed by atoms with Crippen LogP contribution < -0.4 is 16.0 Å². The van der Waals surface area contributed by atoms with Gasteiger partial charge in [-0.3, -0.25) is 4.79 Å². The molecule has 0 saturated heterocycles. The quantitative estimate of drug-likeness (QED) is 0.687. The summed E-state index contributed by atoms with van der Waals surface area (Å²) in [6.45, 7) is 3.81. The molecule has 2 aromatic rings. The Morgan fingerprint density at radius 2 is 1.70 bits per heavy atom. The normalized spacial score (nSPS) is 11.6. The lowest BCUT2D eigenvalue weighted by Gasteiger charge is -2.19. The van der Waals surface area contributed by atoms with Gasteiger partial charge in [-0.1, -0.05) is 25.5 Å². The Labute approximate surface area is 157 Å². The monoisotopic (exact) mass is 375 g/mol. The molecule has 2 aromatic carbocycles. The summed E-state index contributed by atoms with van der Waals surface area (Å²) in [5.41, 5.74) is 1.83. The lowest BCUT2D eigenvalue weighted by atomic mass is 10.1. The van der Waals surface area contributed by atoms with E-state index in [9.17, 15) is 18.4 Å². The Balaban J connectivity index is 1.93. The van der Waals surface area contributed by atoms with E-state index in [1.165, 1.54) is 30.3 Å². The highest BCUT2D eigenvalue weighted by molar-refractivity contribution is 5.97. The van der Waals surface area contributed by atoms with Crippen LogP contribution in [0.2, 0.25) is 0 Å². The molecule has 0 radical (unpaired) electrons. The minimum Gasteiger partial charge on any atom is -0.334 e. The number of hydrogen-bond acceptors (Lipinski definition) is 2. The molecule has 0 spiro atoms. The predicted molar refractivity (Wildman–Crippen MR) is 100 cm³/mol. The van der Waals surface area contributed by atoms with Gasteiger partial charge in [0.15, 0.2) is 0 Å². The van der Waals surface area contributed by atoms with Crippen LogP contribution in [0.15, 0.2) is 42.5 Å². The van der Waals surface area contributed by atoms with Gasteiger partial charge in [-0.25, -0.2) is 13.6 Å². The van der Waals surface area contributed by atoms with Crippen molar-refractivity contribution in [3.63, 3.8) is 0 Å². The van der Waals surface area contributed by atoms with Crippen molar-refractivity contribution in [1.29, 1.82) is 0 Å². The first-order valence-corrected chi connectivity index (χ1v) is 8.75. The van der Waals surface area contributed by atoms with Crippen LogP contribution in [0.4, 0.5) is 19.3 Å². The molecule has 5 nitrogen and oxygen atoms in total. The minimum atomic E-state index is -0.729. The Bertz CT molecular complexity index is 794. The fourth-order valence-electron chi connectivity index (χ4n) is 2.54. The summed E-state index contributed by atoms with van der Waals surface area (Å²) in [6, 6.07) is 8.62. The van der Waals surface area contributed by atoms with E-state index in [0.717, 1.165) is 5.56 Å².